The van der Waals surface area contributed by atoms with Gasteiger partial charge < -0.3 is 50.3 Å². The first-order valence-electron chi connectivity index (χ1n) is 12.5. The normalized spacial score (nSPS) is 23.4. The number of phenols is 6. The van der Waals surface area contributed by atoms with Crippen molar-refractivity contribution in [2.24, 2.45) is 0 Å². The van der Waals surface area contributed by atoms with Gasteiger partial charge in [-0.3, -0.25) is 0 Å². The average molecular weight is 547 g/mol. The first-order valence-corrected chi connectivity index (χ1v) is 12.5. The quantitative estimate of drug-likeness (QED) is 0.189. The fourth-order valence-electron chi connectivity index (χ4n) is 5.60. The highest BCUT2D eigenvalue weighted by atomic mass is 16.5. The minimum Gasteiger partial charge on any atom is -0.508 e. The Morgan fingerprint density at radius 2 is 1.15 bits per heavy atom. The van der Waals surface area contributed by atoms with E-state index >= 15 is 0 Å². The van der Waals surface area contributed by atoms with Crippen LogP contribution in [0.15, 0.2) is 66.7 Å². The number of fused-ring (bicyclic) bond motifs is 2. The van der Waals surface area contributed by atoms with Crippen LogP contribution in [-0.4, -0.2) is 53.1 Å². The molecule has 5 atom stereocenters. The summed E-state index contributed by atoms with van der Waals surface area (Å²) in [7, 11) is 0. The van der Waals surface area contributed by atoms with Crippen molar-refractivity contribution in [2.45, 2.75) is 36.8 Å². The molecule has 0 saturated heterocycles. The Morgan fingerprint density at radius 3 is 1.77 bits per heavy atom. The first-order chi connectivity index (χ1) is 19.1. The number of aliphatic hydroxyl groups is 2. The molecule has 0 fully saturated rings. The highest BCUT2D eigenvalue weighted by Gasteiger charge is 2.46. The van der Waals surface area contributed by atoms with E-state index in [-0.39, 0.29) is 57.6 Å². The number of phenolic OH excluding ortho intramolecular Hbond substituents is 6. The Hall–Kier alpha value is -4.80. The molecule has 0 saturated carbocycles. The van der Waals surface area contributed by atoms with Gasteiger partial charge in [0.25, 0.3) is 0 Å². The molecule has 0 radical (unpaired) electrons. The van der Waals surface area contributed by atoms with Gasteiger partial charge in [0.1, 0.15) is 58.2 Å². The molecule has 0 bridgehead atoms. The van der Waals surface area contributed by atoms with Crippen LogP contribution in [0.5, 0.6) is 46.0 Å². The lowest BCUT2D eigenvalue weighted by molar-refractivity contribution is 0.00124. The zero-order chi connectivity index (χ0) is 28.3. The lowest BCUT2D eigenvalue weighted by Gasteiger charge is -2.40. The van der Waals surface area contributed by atoms with E-state index in [1.165, 1.54) is 30.3 Å². The molecule has 4 aromatic rings. The summed E-state index contributed by atoms with van der Waals surface area (Å²) in [6.07, 6.45) is -4.61. The molecule has 10 heteroatoms. The Morgan fingerprint density at radius 1 is 0.575 bits per heavy atom. The number of rotatable bonds is 3. The van der Waals surface area contributed by atoms with Crippen molar-refractivity contribution >= 4 is 0 Å². The van der Waals surface area contributed by atoms with Crippen molar-refractivity contribution in [1.82, 2.24) is 0 Å². The molecule has 0 amide bonds. The van der Waals surface area contributed by atoms with Crippen molar-refractivity contribution in [1.29, 1.82) is 0 Å². The zero-order valence-corrected chi connectivity index (χ0v) is 20.8. The molecule has 0 aliphatic carbocycles. The summed E-state index contributed by atoms with van der Waals surface area (Å²) in [5.41, 5.74) is 1.28. The van der Waals surface area contributed by atoms with E-state index in [0.29, 0.717) is 11.1 Å². The molecule has 2 aliphatic heterocycles. The zero-order valence-electron chi connectivity index (χ0n) is 20.8. The monoisotopic (exact) mass is 546 g/mol. The Labute approximate surface area is 227 Å². The van der Waals surface area contributed by atoms with Crippen LogP contribution in [0.1, 0.15) is 45.9 Å². The van der Waals surface area contributed by atoms with Gasteiger partial charge >= 0.3 is 0 Å². The van der Waals surface area contributed by atoms with Crippen LogP contribution >= 0.6 is 0 Å². The average Bonchev–Trinajstić information content (AvgIpc) is 2.91. The van der Waals surface area contributed by atoms with Crippen LogP contribution in [0, 0.1) is 0 Å². The molecular weight excluding hydrogens is 520 g/mol. The molecular formula is C30H26O10. The molecule has 40 heavy (non-hydrogen) atoms. The number of benzene rings is 4. The minimum absolute atomic E-state index is 0.00114. The third kappa shape index (κ3) is 4.14. The van der Waals surface area contributed by atoms with E-state index in [0.717, 1.165) is 12.1 Å². The Kier molecular flexibility index (Phi) is 6.01. The molecule has 6 rings (SSSR count). The van der Waals surface area contributed by atoms with Crippen LogP contribution in [-0.2, 0) is 6.42 Å². The molecule has 0 aromatic heterocycles. The summed E-state index contributed by atoms with van der Waals surface area (Å²) < 4.78 is 12.3. The van der Waals surface area contributed by atoms with Crippen molar-refractivity contribution < 1.29 is 50.3 Å². The van der Waals surface area contributed by atoms with Gasteiger partial charge in [-0.15, -0.1) is 0 Å². The molecule has 0 unspecified atom stereocenters. The first kappa shape index (κ1) is 25.5. The van der Waals surface area contributed by atoms with Gasteiger partial charge in [-0.1, -0.05) is 24.3 Å². The molecule has 2 heterocycles. The predicted molar refractivity (Wildman–Crippen MR) is 140 cm³/mol. The summed E-state index contributed by atoms with van der Waals surface area (Å²) >= 11 is 0. The van der Waals surface area contributed by atoms with Gasteiger partial charge in [-0.05, 0) is 35.4 Å². The summed E-state index contributed by atoms with van der Waals surface area (Å²) in [4.78, 5) is 0. The van der Waals surface area contributed by atoms with Gasteiger partial charge in [0, 0.05) is 41.3 Å². The van der Waals surface area contributed by atoms with Gasteiger partial charge in [0.05, 0.1) is 12.0 Å². The van der Waals surface area contributed by atoms with Crippen LogP contribution < -0.4 is 9.47 Å². The van der Waals surface area contributed by atoms with Crippen LogP contribution in [0.4, 0.5) is 0 Å². The highest BCUT2D eigenvalue weighted by molar-refractivity contribution is 5.65. The van der Waals surface area contributed by atoms with E-state index < -0.39 is 41.8 Å². The molecule has 4 aromatic carbocycles. The van der Waals surface area contributed by atoms with E-state index in [4.69, 9.17) is 9.47 Å². The topological polar surface area (TPSA) is 180 Å². The van der Waals surface area contributed by atoms with Crippen molar-refractivity contribution in [2.75, 3.05) is 0 Å². The lowest BCUT2D eigenvalue weighted by Crippen LogP contribution is -2.36. The highest BCUT2D eigenvalue weighted by Crippen LogP contribution is 2.57. The lowest BCUT2D eigenvalue weighted by atomic mass is 9.77. The molecule has 8 N–H and O–H groups in total. The van der Waals surface area contributed by atoms with Crippen molar-refractivity contribution in [3.8, 4) is 46.0 Å². The van der Waals surface area contributed by atoms with Gasteiger partial charge in [0.2, 0.25) is 0 Å². The standard InChI is InChI=1S/C30H26O10/c31-15-5-1-13(2-6-15)28-22(37)11-18-19(34)12-21(36)25(30(18)40-28)26-24-20(35)9-17(33)10-23(24)39-29(27(26)38)14-3-7-16(32)8-4-14/h1-10,12,22,26-29,31-38H,11H2/t22-,26+,27-,28+,29+/m0/s1. The molecule has 2 aliphatic rings. The van der Waals surface area contributed by atoms with E-state index in [1.54, 1.807) is 24.3 Å². The van der Waals surface area contributed by atoms with Gasteiger partial charge in [-0.2, -0.15) is 0 Å². The number of ether oxygens (including phenoxy) is 2. The second-order valence-corrected chi connectivity index (χ2v) is 10.0. The number of hydrogen-bond acceptors (Lipinski definition) is 10. The van der Waals surface area contributed by atoms with Gasteiger partial charge in [0.15, 0.2) is 6.10 Å². The predicted octanol–water partition coefficient (Wildman–Crippen LogP) is 3.58. The van der Waals surface area contributed by atoms with E-state index in [9.17, 15) is 40.9 Å². The van der Waals surface area contributed by atoms with Gasteiger partial charge in [-0.25, -0.2) is 0 Å². The number of aliphatic hydroxyl groups excluding tert-OH is 2. The van der Waals surface area contributed by atoms with Crippen LogP contribution in [0.25, 0.3) is 0 Å². The summed E-state index contributed by atoms with van der Waals surface area (Å²) in [6, 6.07) is 15.4. The Bertz CT molecular complexity index is 1580. The smallest absolute Gasteiger partial charge is 0.150 e. The molecule has 206 valence electrons. The Balaban J connectivity index is 1.55. The maximum absolute atomic E-state index is 11.7. The van der Waals surface area contributed by atoms with E-state index in [2.05, 4.69) is 0 Å². The maximum atomic E-state index is 11.7. The SMILES string of the molecule is Oc1ccc([C@H]2Oc3cc(O)cc(O)c3[C@H](c3c(O)cc(O)c4c3O[C@H](c3ccc(O)cc3)[C@@H](O)C4)[C@@H]2O)cc1. The number of hydrogen-bond donors (Lipinski definition) is 8. The third-order valence-corrected chi connectivity index (χ3v) is 7.46. The number of aromatic hydroxyl groups is 6. The third-order valence-electron chi connectivity index (χ3n) is 7.46. The van der Waals surface area contributed by atoms with Crippen molar-refractivity contribution in [3.05, 3.63) is 94.5 Å². The molecule has 0 spiro atoms. The van der Waals surface area contributed by atoms with E-state index in [1.807, 2.05) is 0 Å². The second-order valence-electron chi connectivity index (χ2n) is 10.0. The summed E-state index contributed by atoms with van der Waals surface area (Å²) in [5.74, 6) is -2.59. The minimum atomic E-state index is -1.44. The summed E-state index contributed by atoms with van der Waals surface area (Å²) in [6.45, 7) is 0. The van der Waals surface area contributed by atoms with Crippen molar-refractivity contribution in [3.63, 3.8) is 0 Å². The second kappa shape index (κ2) is 9.44. The summed E-state index contributed by atoms with van der Waals surface area (Å²) in [5, 5.41) is 85.1. The fourth-order valence-corrected chi connectivity index (χ4v) is 5.60. The van der Waals surface area contributed by atoms with Crippen LogP contribution in [0.3, 0.4) is 0 Å². The largest absolute Gasteiger partial charge is 0.508 e. The van der Waals surface area contributed by atoms with Crippen LogP contribution in [0.2, 0.25) is 0 Å². The maximum Gasteiger partial charge on any atom is 0.150 e. The molecule has 10 nitrogen and oxygen atoms in total. The fraction of sp³-hybridized carbons (Fsp3) is 0.200.